The molecule has 2 N–H and O–H groups in total. The first kappa shape index (κ1) is 25.6. The fourth-order valence-electron chi connectivity index (χ4n) is 6.70. The molecule has 0 saturated carbocycles. The van der Waals surface area contributed by atoms with Crippen LogP contribution in [-0.4, -0.2) is 68.0 Å². The van der Waals surface area contributed by atoms with Crippen LogP contribution in [0.15, 0.2) is 42.6 Å². The number of benzene rings is 2. The number of rotatable bonds is 6. The highest BCUT2D eigenvalue weighted by molar-refractivity contribution is 5.88. The van der Waals surface area contributed by atoms with Gasteiger partial charge in [-0.05, 0) is 74.2 Å². The number of carbonyl (C=O) groups excluding carboxylic acids is 1. The molecule has 41 heavy (non-hydrogen) atoms. The van der Waals surface area contributed by atoms with Crippen LogP contribution in [0.1, 0.15) is 54.1 Å². The summed E-state index contributed by atoms with van der Waals surface area (Å²) in [5.74, 6) is 1.76. The average molecular weight is 554 g/mol. The first-order valence-electron chi connectivity index (χ1n) is 14.2. The monoisotopic (exact) mass is 553 g/mol. The van der Waals surface area contributed by atoms with Crippen molar-refractivity contribution in [3.8, 4) is 11.5 Å². The molecule has 5 aromatic rings. The smallest absolute Gasteiger partial charge is 0.244 e. The fourth-order valence-corrected chi connectivity index (χ4v) is 6.70. The van der Waals surface area contributed by atoms with Crippen molar-refractivity contribution >= 4 is 27.7 Å². The van der Waals surface area contributed by atoms with Crippen molar-refractivity contribution in [2.45, 2.75) is 51.9 Å². The number of aromatic amines is 2. The van der Waals surface area contributed by atoms with E-state index in [1.807, 2.05) is 29.3 Å². The molecule has 0 bridgehead atoms. The van der Waals surface area contributed by atoms with E-state index in [-0.39, 0.29) is 24.5 Å². The molecule has 7 rings (SSSR count). The second-order valence-corrected chi connectivity index (χ2v) is 11.2. The molecular weight excluding hydrogens is 518 g/mol. The molecule has 0 spiro atoms. The first-order chi connectivity index (χ1) is 19.9. The third-order valence-electron chi connectivity index (χ3n) is 8.96. The van der Waals surface area contributed by atoms with Crippen LogP contribution in [0.3, 0.4) is 0 Å². The molecule has 2 aliphatic heterocycles. The van der Waals surface area contributed by atoms with E-state index in [4.69, 9.17) is 9.47 Å². The van der Waals surface area contributed by atoms with Gasteiger partial charge in [0.25, 0.3) is 0 Å². The number of H-pyrrole nitrogens is 2. The minimum atomic E-state index is -0.0488. The average Bonchev–Trinajstić information content (AvgIpc) is 3.69. The standard InChI is InChI=1S/C31H35N7O3/c1-18-30-23(25-13-21(40-3)5-7-27(25)32-30)9-11-36(18)15-20-16-37(35-34-20)17-29(39)38-12-10-24-26-14-22(41-4)6-8-28(26)33-31(24)19(38)2/h5-8,13-14,16,18-19,32-33H,9-12,15,17H2,1-4H3. The number of methoxy groups -OCH3 is 2. The summed E-state index contributed by atoms with van der Waals surface area (Å²) in [6, 6.07) is 12.4. The molecule has 5 heterocycles. The SMILES string of the molecule is COc1ccc2[nH]c3c(c2c1)CCN(Cc1cn(CC(=O)N2CCc4c([nH]c5ccc(OC)cc45)C2C)nn1)C3C. The van der Waals surface area contributed by atoms with Crippen LogP contribution in [-0.2, 0) is 30.7 Å². The second kappa shape index (κ2) is 9.95. The Labute approximate surface area is 238 Å². The molecule has 0 aliphatic carbocycles. The summed E-state index contributed by atoms with van der Waals surface area (Å²) >= 11 is 0. The van der Waals surface area contributed by atoms with Crippen LogP contribution in [0, 0.1) is 0 Å². The highest BCUT2D eigenvalue weighted by atomic mass is 16.5. The summed E-state index contributed by atoms with van der Waals surface area (Å²) in [4.78, 5) is 24.9. The van der Waals surface area contributed by atoms with Crippen molar-refractivity contribution in [3.63, 3.8) is 0 Å². The van der Waals surface area contributed by atoms with Gasteiger partial charge in [-0.2, -0.15) is 0 Å². The van der Waals surface area contributed by atoms with Gasteiger partial charge in [-0.15, -0.1) is 5.10 Å². The topological polar surface area (TPSA) is 104 Å². The van der Waals surface area contributed by atoms with Crippen molar-refractivity contribution in [1.82, 2.24) is 34.8 Å². The zero-order chi connectivity index (χ0) is 28.2. The lowest BCUT2D eigenvalue weighted by molar-refractivity contribution is -0.134. The molecule has 2 atom stereocenters. The van der Waals surface area contributed by atoms with Crippen molar-refractivity contribution in [3.05, 3.63) is 70.8 Å². The van der Waals surface area contributed by atoms with Gasteiger partial charge in [0.15, 0.2) is 0 Å². The fraction of sp³-hybridized carbons (Fsp3) is 0.387. The van der Waals surface area contributed by atoms with E-state index < -0.39 is 0 Å². The van der Waals surface area contributed by atoms with E-state index in [2.05, 4.69) is 57.2 Å². The van der Waals surface area contributed by atoms with Crippen molar-refractivity contribution in [2.75, 3.05) is 27.3 Å². The minimum Gasteiger partial charge on any atom is -0.497 e. The number of fused-ring (bicyclic) bond motifs is 6. The third kappa shape index (κ3) is 4.33. The van der Waals surface area contributed by atoms with Crippen molar-refractivity contribution in [2.24, 2.45) is 0 Å². The van der Waals surface area contributed by atoms with Gasteiger partial charge < -0.3 is 24.3 Å². The molecule has 3 aromatic heterocycles. The Morgan fingerprint density at radius 3 is 2.15 bits per heavy atom. The summed E-state index contributed by atoms with van der Waals surface area (Å²) in [7, 11) is 3.39. The first-order valence-corrected chi connectivity index (χ1v) is 14.2. The van der Waals surface area contributed by atoms with Gasteiger partial charge in [0, 0.05) is 58.9 Å². The Hall–Kier alpha value is -4.31. The van der Waals surface area contributed by atoms with E-state index in [1.165, 1.54) is 27.6 Å². The molecule has 0 radical (unpaired) electrons. The Bertz CT molecular complexity index is 1770. The molecule has 0 fully saturated rings. The molecule has 1 amide bonds. The molecule has 2 aromatic carbocycles. The van der Waals surface area contributed by atoms with Crippen molar-refractivity contribution < 1.29 is 14.3 Å². The van der Waals surface area contributed by atoms with E-state index >= 15 is 0 Å². The number of carbonyl (C=O) groups is 1. The number of ether oxygens (including phenoxy) is 2. The quantitative estimate of drug-likeness (QED) is 0.320. The molecule has 0 saturated heterocycles. The summed E-state index contributed by atoms with van der Waals surface area (Å²) in [5.41, 5.74) is 8.06. The predicted molar refractivity (Wildman–Crippen MR) is 156 cm³/mol. The maximum Gasteiger partial charge on any atom is 0.244 e. The van der Waals surface area contributed by atoms with Gasteiger partial charge in [-0.25, -0.2) is 4.68 Å². The molecule has 10 heteroatoms. The predicted octanol–water partition coefficient (Wildman–Crippen LogP) is 4.52. The second-order valence-electron chi connectivity index (χ2n) is 11.2. The summed E-state index contributed by atoms with van der Waals surface area (Å²) in [6.45, 7) is 6.75. The van der Waals surface area contributed by atoms with Gasteiger partial charge in [-0.1, -0.05) is 5.21 Å². The van der Waals surface area contributed by atoms with Gasteiger partial charge in [0.1, 0.15) is 18.0 Å². The number of nitrogens with zero attached hydrogens (tertiary/aromatic N) is 5. The van der Waals surface area contributed by atoms with E-state index in [0.717, 1.165) is 53.3 Å². The Morgan fingerprint density at radius 1 is 0.902 bits per heavy atom. The third-order valence-corrected chi connectivity index (χ3v) is 8.96. The lowest BCUT2D eigenvalue weighted by Gasteiger charge is -2.33. The van der Waals surface area contributed by atoms with Gasteiger partial charge in [0.2, 0.25) is 5.91 Å². The maximum absolute atomic E-state index is 13.4. The van der Waals surface area contributed by atoms with Crippen LogP contribution in [0.25, 0.3) is 21.8 Å². The lowest BCUT2D eigenvalue weighted by atomic mass is 9.98. The van der Waals surface area contributed by atoms with Gasteiger partial charge in [-0.3, -0.25) is 9.69 Å². The molecule has 2 aliphatic rings. The normalized spacial score (nSPS) is 19.0. The maximum atomic E-state index is 13.4. The van der Waals surface area contributed by atoms with Crippen LogP contribution in [0.5, 0.6) is 11.5 Å². The number of amides is 1. The summed E-state index contributed by atoms with van der Waals surface area (Å²) in [6.07, 6.45) is 3.66. The zero-order valence-corrected chi connectivity index (χ0v) is 23.9. The molecule has 212 valence electrons. The molecule has 2 unspecified atom stereocenters. The van der Waals surface area contributed by atoms with Gasteiger partial charge in [0.05, 0.1) is 32.2 Å². The Morgan fingerprint density at radius 2 is 1.51 bits per heavy atom. The Kier molecular flexibility index (Phi) is 6.23. The van der Waals surface area contributed by atoms with Crippen LogP contribution in [0.4, 0.5) is 0 Å². The molecule has 10 nitrogen and oxygen atoms in total. The highest BCUT2D eigenvalue weighted by Gasteiger charge is 2.31. The minimum absolute atomic E-state index is 0.0420. The lowest BCUT2D eigenvalue weighted by Crippen LogP contribution is -2.40. The van der Waals surface area contributed by atoms with E-state index in [0.29, 0.717) is 13.1 Å². The van der Waals surface area contributed by atoms with Crippen LogP contribution in [0.2, 0.25) is 0 Å². The van der Waals surface area contributed by atoms with Gasteiger partial charge >= 0.3 is 0 Å². The van der Waals surface area contributed by atoms with E-state index in [9.17, 15) is 4.79 Å². The summed E-state index contributed by atoms with van der Waals surface area (Å²) < 4.78 is 12.5. The number of aromatic nitrogens is 5. The zero-order valence-electron chi connectivity index (χ0n) is 23.9. The largest absolute Gasteiger partial charge is 0.497 e. The number of hydrogen-bond acceptors (Lipinski definition) is 6. The number of hydrogen-bond donors (Lipinski definition) is 2. The van der Waals surface area contributed by atoms with Crippen LogP contribution < -0.4 is 9.47 Å². The Balaban J connectivity index is 1.03. The van der Waals surface area contributed by atoms with E-state index in [1.54, 1.807) is 18.9 Å². The van der Waals surface area contributed by atoms with Crippen molar-refractivity contribution in [1.29, 1.82) is 0 Å². The summed E-state index contributed by atoms with van der Waals surface area (Å²) in [5, 5.41) is 11.1. The highest BCUT2D eigenvalue weighted by Crippen LogP contribution is 2.37. The molecular formula is C31H35N7O3. The van der Waals surface area contributed by atoms with Crippen LogP contribution >= 0.6 is 0 Å². The number of nitrogens with one attached hydrogen (secondary N) is 2.